The average Bonchev–Trinajstić information content (AvgIpc) is 2.43. The van der Waals surface area contributed by atoms with E-state index >= 15 is 0 Å². The Morgan fingerprint density at radius 2 is 2.29 bits per heavy atom. The number of carbonyl (C=O) groups excluding carboxylic acids is 1. The SMILES string of the molecule is CCn1ncc(Cl)c1C(=O)C(F)(F)Cl. The van der Waals surface area contributed by atoms with Gasteiger partial charge in [0.25, 0.3) is 5.78 Å². The van der Waals surface area contributed by atoms with Gasteiger partial charge < -0.3 is 0 Å². The molecule has 1 aromatic rings. The summed E-state index contributed by atoms with van der Waals surface area (Å²) >= 11 is 10.1. The summed E-state index contributed by atoms with van der Waals surface area (Å²) in [5.41, 5.74) is -0.367. The van der Waals surface area contributed by atoms with E-state index in [0.29, 0.717) is 0 Å². The second-order valence-corrected chi connectivity index (χ2v) is 3.37. The molecule has 0 aliphatic heterocycles. The van der Waals surface area contributed by atoms with Gasteiger partial charge in [-0.05, 0) is 18.5 Å². The molecule has 0 saturated carbocycles. The Morgan fingerprint density at radius 1 is 1.71 bits per heavy atom. The van der Waals surface area contributed by atoms with Crippen LogP contribution in [0.2, 0.25) is 5.02 Å². The van der Waals surface area contributed by atoms with Gasteiger partial charge in [0.1, 0.15) is 5.69 Å². The van der Waals surface area contributed by atoms with Crippen LogP contribution >= 0.6 is 23.2 Å². The minimum atomic E-state index is -3.95. The first-order valence-electron chi connectivity index (χ1n) is 3.70. The van der Waals surface area contributed by atoms with E-state index in [-0.39, 0.29) is 17.3 Å². The summed E-state index contributed by atoms with van der Waals surface area (Å²) in [5, 5.41) is -0.435. The Hall–Kier alpha value is -0.680. The summed E-state index contributed by atoms with van der Waals surface area (Å²) in [6.45, 7) is 1.91. The van der Waals surface area contributed by atoms with Crippen LogP contribution in [0.5, 0.6) is 0 Å². The normalized spacial score (nSPS) is 11.8. The van der Waals surface area contributed by atoms with Gasteiger partial charge in [-0.3, -0.25) is 9.48 Å². The quantitative estimate of drug-likeness (QED) is 0.604. The largest absolute Gasteiger partial charge is 0.386 e. The van der Waals surface area contributed by atoms with E-state index in [9.17, 15) is 13.6 Å². The number of alkyl halides is 3. The highest BCUT2D eigenvalue weighted by atomic mass is 35.5. The molecule has 14 heavy (non-hydrogen) atoms. The van der Waals surface area contributed by atoms with Crippen molar-refractivity contribution >= 4 is 29.0 Å². The lowest BCUT2D eigenvalue weighted by molar-refractivity contribution is 0.0524. The smallest absolute Gasteiger partial charge is 0.284 e. The van der Waals surface area contributed by atoms with Crippen molar-refractivity contribution in [2.75, 3.05) is 0 Å². The van der Waals surface area contributed by atoms with Gasteiger partial charge in [0.05, 0.1) is 11.2 Å². The topological polar surface area (TPSA) is 34.9 Å². The van der Waals surface area contributed by atoms with E-state index in [1.165, 1.54) is 0 Å². The molecule has 0 fully saturated rings. The van der Waals surface area contributed by atoms with Gasteiger partial charge in [-0.15, -0.1) is 0 Å². The molecule has 0 aliphatic carbocycles. The van der Waals surface area contributed by atoms with Crippen molar-refractivity contribution in [1.82, 2.24) is 9.78 Å². The maximum atomic E-state index is 12.5. The zero-order chi connectivity index (χ0) is 10.9. The van der Waals surface area contributed by atoms with Gasteiger partial charge >= 0.3 is 5.38 Å². The molecule has 7 heteroatoms. The Kier molecular flexibility index (Phi) is 3.11. The fourth-order valence-corrected chi connectivity index (χ4v) is 1.28. The van der Waals surface area contributed by atoms with Crippen LogP contribution in [0.25, 0.3) is 0 Å². The third-order valence-electron chi connectivity index (χ3n) is 1.57. The number of aryl methyl sites for hydroxylation is 1. The van der Waals surface area contributed by atoms with Crippen molar-refractivity contribution in [3.63, 3.8) is 0 Å². The molecule has 1 heterocycles. The highest BCUT2D eigenvalue weighted by Crippen LogP contribution is 2.27. The molecule has 0 bridgehead atoms. The summed E-state index contributed by atoms with van der Waals surface area (Å²) in [5.74, 6) is -1.54. The van der Waals surface area contributed by atoms with Crippen LogP contribution in [0.1, 0.15) is 17.4 Å². The first kappa shape index (κ1) is 11.4. The molecule has 0 saturated heterocycles. The minimum absolute atomic E-state index is 0.128. The number of nitrogens with zero attached hydrogens (tertiary/aromatic N) is 2. The van der Waals surface area contributed by atoms with E-state index < -0.39 is 11.2 Å². The van der Waals surface area contributed by atoms with Crippen LogP contribution in [0.3, 0.4) is 0 Å². The molecule has 78 valence electrons. The third-order valence-corrected chi connectivity index (χ3v) is 2.02. The van der Waals surface area contributed by atoms with Crippen LogP contribution in [0.4, 0.5) is 8.78 Å². The standard InChI is InChI=1S/C7H6Cl2F2N2O/c1-2-13-5(4(8)3-12-13)6(14)7(9,10)11/h3H,2H2,1H3. The highest BCUT2D eigenvalue weighted by Gasteiger charge is 2.39. The molecule has 0 aliphatic rings. The second kappa shape index (κ2) is 3.82. The van der Waals surface area contributed by atoms with Gasteiger partial charge in [0.15, 0.2) is 0 Å². The Balaban J connectivity index is 3.18. The summed E-state index contributed by atoms with van der Waals surface area (Å²) in [6, 6.07) is 0. The van der Waals surface area contributed by atoms with Crippen LogP contribution < -0.4 is 0 Å². The van der Waals surface area contributed by atoms with Gasteiger partial charge in [0.2, 0.25) is 0 Å². The maximum absolute atomic E-state index is 12.5. The van der Waals surface area contributed by atoms with Gasteiger partial charge in [-0.2, -0.15) is 13.9 Å². The molecular formula is C7H6Cl2F2N2O. The number of carbonyl (C=O) groups is 1. The molecule has 1 rings (SSSR count). The number of hydrogen-bond donors (Lipinski definition) is 0. The number of Topliss-reactive ketones (excluding diaryl/α,β-unsaturated/α-hetero) is 1. The lowest BCUT2D eigenvalue weighted by atomic mass is 10.3. The number of ketones is 1. The van der Waals surface area contributed by atoms with Gasteiger partial charge in [0, 0.05) is 6.54 Å². The van der Waals surface area contributed by atoms with Crippen molar-refractivity contribution in [2.45, 2.75) is 18.9 Å². The molecule has 0 atom stereocenters. The van der Waals surface area contributed by atoms with Crippen molar-refractivity contribution in [3.8, 4) is 0 Å². The molecule has 3 nitrogen and oxygen atoms in total. The number of aromatic nitrogens is 2. The molecule has 0 aromatic carbocycles. The zero-order valence-corrected chi connectivity index (χ0v) is 8.61. The predicted molar refractivity (Wildman–Crippen MR) is 48.0 cm³/mol. The molecule has 0 spiro atoms. The summed E-state index contributed by atoms with van der Waals surface area (Å²) in [7, 11) is 0. The zero-order valence-electron chi connectivity index (χ0n) is 7.10. The summed E-state index contributed by atoms with van der Waals surface area (Å²) < 4.78 is 26.1. The van der Waals surface area contributed by atoms with E-state index in [4.69, 9.17) is 11.6 Å². The molecule has 0 radical (unpaired) electrons. The first-order valence-corrected chi connectivity index (χ1v) is 4.46. The summed E-state index contributed by atoms with van der Waals surface area (Å²) in [4.78, 5) is 11.1. The monoisotopic (exact) mass is 242 g/mol. The molecule has 0 unspecified atom stereocenters. The van der Waals surface area contributed by atoms with E-state index in [1.54, 1.807) is 6.92 Å². The van der Waals surface area contributed by atoms with Crippen LogP contribution in [-0.2, 0) is 6.54 Å². The Morgan fingerprint density at radius 3 is 2.71 bits per heavy atom. The van der Waals surface area contributed by atoms with Crippen molar-refractivity contribution in [2.24, 2.45) is 0 Å². The van der Waals surface area contributed by atoms with E-state index in [2.05, 4.69) is 16.7 Å². The van der Waals surface area contributed by atoms with Crippen LogP contribution in [0.15, 0.2) is 6.20 Å². The molecule has 0 N–H and O–H groups in total. The van der Waals surface area contributed by atoms with E-state index in [0.717, 1.165) is 10.9 Å². The lowest BCUT2D eigenvalue weighted by Gasteiger charge is -2.08. The summed E-state index contributed by atoms with van der Waals surface area (Å²) in [6.07, 6.45) is 1.13. The lowest BCUT2D eigenvalue weighted by Crippen LogP contribution is -2.25. The van der Waals surface area contributed by atoms with Crippen LogP contribution in [-0.4, -0.2) is 20.9 Å². The molecule has 1 aromatic heterocycles. The predicted octanol–water partition coefficient (Wildman–Crippen LogP) is 2.57. The second-order valence-electron chi connectivity index (χ2n) is 2.48. The Labute approximate surface area is 88.6 Å². The van der Waals surface area contributed by atoms with Gasteiger partial charge in [-0.1, -0.05) is 11.6 Å². The van der Waals surface area contributed by atoms with Gasteiger partial charge in [-0.25, -0.2) is 0 Å². The molecule has 0 amide bonds. The molecular weight excluding hydrogens is 237 g/mol. The number of halogens is 4. The highest BCUT2D eigenvalue weighted by molar-refractivity contribution is 6.39. The maximum Gasteiger partial charge on any atom is 0.386 e. The fraction of sp³-hybridized carbons (Fsp3) is 0.429. The average molecular weight is 243 g/mol. The Bertz CT molecular complexity index is 359. The minimum Gasteiger partial charge on any atom is -0.284 e. The number of hydrogen-bond acceptors (Lipinski definition) is 2. The van der Waals surface area contributed by atoms with E-state index in [1.807, 2.05) is 0 Å². The van der Waals surface area contributed by atoms with Crippen LogP contribution in [0, 0.1) is 0 Å². The van der Waals surface area contributed by atoms with Crippen molar-refractivity contribution in [3.05, 3.63) is 16.9 Å². The third kappa shape index (κ3) is 2.04. The number of rotatable bonds is 3. The first-order chi connectivity index (χ1) is 6.38. The fourth-order valence-electron chi connectivity index (χ4n) is 0.962. The van der Waals surface area contributed by atoms with Crippen molar-refractivity contribution in [1.29, 1.82) is 0 Å². The van der Waals surface area contributed by atoms with Crippen molar-refractivity contribution < 1.29 is 13.6 Å².